The summed E-state index contributed by atoms with van der Waals surface area (Å²) in [4.78, 5) is 27.8. The summed E-state index contributed by atoms with van der Waals surface area (Å²) < 4.78 is 15.8. The molecule has 0 saturated heterocycles. The minimum absolute atomic E-state index is 0.106. The van der Waals surface area contributed by atoms with Crippen LogP contribution in [-0.4, -0.2) is 41.8 Å². The second kappa shape index (κ2) is 10.4. The molecule has 1 aliphatic rings. The van der Waals surface area contributed by atoms with Gasteiger partial charge in [-0.1, -0.05) is 0 Å². The van der Waals surface area contributed by atoms with E-state index in [1.54, 1.807) is 30.3 Å². The van der Waals surface area contributed by atoms with Crippen molar-refractivity contribution in [1.82, 2.24) is 10.3 Å². The lowest BCUT2D eigenvalue weighted by Crippen LogP contribution is -2.42. The number of carbonyl (C=O) groups is 2. The largest absolute Gasteiger partial charge is 0.465 e. The van der Waals surface area contributed by atoms with E-state index < -0.39 is 11.6 Å². The highest BCUT2D eigenvalue weighted by atomic mass is 16.6. The molecule has 0 aliphatic heterocycles. The number of methoxy groups -OCH3 is 1. The molecule has 178 valence electrons. The van der Waals surface area contributed by atoms with Crippen LogP contribution in [0.1, 0.15) is 56.8 Å². The Morgan fingerprint density at radius 1 is 1.00 bits per heavy atom. The molecule has 3 rings (SSSR count). The number of alkyl carbamates (subject to hydrolysis) is 1. The number of esters is 1. The van der Waals surface area contributed by atoms with Crippen LogP contribution in [0.15, 0.2) is 36.4 Å². The fraction of sp³-hybridized carbons (Fsp3) is 0.458. The van der Waals surface area contributed by atoms with Crippen molar-refractivity contribution in [3.05, 3.63) is 42.0 Å². The number of nitrogens with two attached hydrogens (primary N) is 1. The highest BCUT2D eigenvalue weighted by molar-refractivity contribution is 5.89. The lowest BCUT2D eigenvalue weighted by atomic mass is 9.91. The Morgan fingerprint density at radius 3 is 2.21 bits per heavy atom. The van der Waals surface area contributed by atoms with E-state index >= 15 is 0 Å². The van der Waals surface area contributed by atoms with Crippen molar-refractivity contribution >= 4 is 23.6 Å². The topological polar surface area (TPSA) is 125 Å². The van der Waals surface area contributed by atoms with Gasteiger partial charge in [-0.25, -0.2) is 9.59 Å². The first-order valence-electron chi connectivity index (χ1n) is 11.0. The molecule has 0 unspecified atom stereocenters. The number of amides is 1. The van der Waals surface area contributed by atoms with Crippen LogP contribution in [0.2, 0.25) is 0 Å². The molecule has 9 heteroatoms. The first kappa shape index (κ1) is 24.2. The van der Waals surface area contributed by atoms with E-state index in [1.807, 2.05) is 26.8 Å². The van der Waals surface area contributed by atoms with Crippen LogP contribution in [0.5, 0.6) is 11.6 Å². The van der Waals surface area contributed by atoms with Gasteiger partial charge in [0.15, 0.2) is 5.82 Å². The molecule has 4 N–H and O–H groups in total. The molecule has 0 spiro atoms. The van der Waals surface area contributed by atoms with Crippen LogP contribution in [-0.2, 0) is 9.47 Å². The third kappa shape index (κ3) is 7.27. The number of nitrogens with zero attached hydrogens (tertiary/aromatic N) is 1. The zero-order valence-corrected chi connectivity index (χ0v) is 19.5. The zero-order chi connectivity index (χ0) is 24.0. The van der Waals surface area contributed by atoms with Gasteiger partial charge in [0.2, 0.25) is 5.88 Å². The Hall–Kier alpha value is -3.49. The molecule has 33 heavy (non-hydrogen) atoms. The molecular formula is C24H32N4O5. The standard InChI is InChI=1S/C24H32N4O5/c1-24(2,3)33-23(30)27-17-9-7-16(8-10-17)26-19-13-14-20(28-21(19)25)32-18-11-5-15(6-12-18)22(29)31-4/h5-6,11-14,16-17,26H,7-10H2,1-4H3,(H2,25,28)(H,27,30). The number of rotatable bonds is 6. The highest BCUT2D eigenvalue weighted by Crippen LogP contribution is 2.28. The smallest absolute Gasteiger partial charge is 0.407 e. The second-order valence-electron chi connectivity index (χ2n) is 9.04. The van der Waals surface area contributed by atoms with Crippen LogP contribution >= 0.6 is 0 Å². The van der Waals surface area contributed by atoms with Crippen molar-refractivity contribution in [1.29, 1.82) is 0 Å². The maximum absolute atomic E-state index is 12.0. The van der Waals surface area contributed by atoms with Gasteiger partial charge in [0.1, 0.15) is 11.4 Å². The number of nitrogen functional groups attached to an aromatic ring is 1. The SMILES string of the molecule is COC(=O)c1ccc(Oc2ccc(NC3CCC(NC(=O)OC(C)(C)C)CC3)c(N)n2)cc1. The number of benzene rings is 1. The molecule has 1 aliphatic carbocycles. The van der Waals surface area contributed by atoms with E-state index in [9.17, 15) is 9.59 Å². The Balaban J connectivity index is 1.50. The Bertz CT molecular complexity index is 964. The molecule has 0 radical (unpaired) electrons. The van der Waals surface area contributed by atoms with Gasteiger partial charge in [-0.2, -0.15) is 4.98 Å². The van der Waals surface area contributed by atoms with E-state index in [-0.39, 0.29) is 18.2 Å². The minimum Gasteiger partial charge on any atom is -0.465 e. The second-order valence-corrected chi connectivity index (χ2v) is 9.04. The summed E-state index contributed by atoms with van der Waals surface area (Å²) >= 11 is 0. The average Bonchev–Trinajstić information content (AvgIpc) is 2.75. The van der Waals surface area contributed by atoms with Gasteiger partial charge in [-0.3, -0.25) is 0 Å². The molecule has 0 atom stereocenters. The first-order chi connectivity index (χ1) is 15.6. The Morgan fingerprint density at radius 2 is 1.64 bits per heavy atom. The van der Waals surface area contributed by atoms with Crippen molar-refractivity contribution in [3.8, 4) is 11.6 Å². The van der Waals surface area contributed by atoms with Crippen LogP contribution < -0.4 is 21.1 Å². The molecule has 1 aromatic heterocycles. The van der Waals surface area contributed by atoms with E-state index in [2.05, 4.69) is 20.4 Å². The maximum Gasteiger partial charge on any atom is 0.407 e. The lowest BCUT2D eigenvalue weighted by Gasteiger charge is -2.31. The van der Waals surface area contributed by atoms with E-state index in [4.69, 9.17) is 15.2 Å². The van der Waals surface area contributed by atoms with Crippen LogP contribution in [0.4, 0.5) is 16.3 Å². The summed E-state index contributed by atoms with van der Waals surface area (Å²) in [5, 5.41) is 6.39. The number of carbonyl (C=O) groups excluding carboxylic acids is 2. The van der Waals surface area contributed by atoms with Crippen molar-refractivity contribution in [3.63, 3.8) is 0 Å². The summed E-state index contributed by atoms with van der Waals surface area (Å²) in [6, 6.07) is 10.5. The first-order valence-corrected chi connectivity index (χ1v) is 11.0. The normalized spacial score (nSPS) is 18.2. The lowest BCUT2D eigenvalue weighted by molar-refractivity contribution is 0.0491. The van der Waals surface area contributed by atoms with Gasteiger partial charge < -0.3 is 30.6 Å². The Labute approximate surface area is 194 Å². The fourth-order valence-electron chi connectivity index (χ4n) is 3.61. The number of ether oxygens (including phenoxy) is 3. The summed E-state index contributed by atoms with van der Waals surface area (Å²) in [6.07, 6.45) is 3.12. The molecule has 1 heterocycles. The number of hydrogen-bond donors (Lipinski definition) is 3. The third-order valence-corrected chi connectivity index (χ3v) is 5.20. The average molecular weight is 457 g/mol. The minimum atomic E-state index is -0.504. The summed E-state index contributed by atoms with van der Waals surface area (Å²) in [5.41, 5.74) is 6.81. The van der Waals surface area contributed by atoms with Gasteiger partial charge in [0.25, 0.3) is 0 Å². The molecule has 1 saturated carbocycles. The number of anilines is 2. The molecule has 1 amide bonds. The van der Waals surface area contributed by atoms with Gasteiger partial charge in [0.05, 0.1) is 18.4 Å². The molecule has 1 aromatic carbocycles. The van der Waals surface area contributed by atoms with Gasteiger partial charge in [-0.05, 0) is 76.8 Å². The van der Waals surface area contributed by atoms with Crippen molar-refractivity contribution in [2.45, 2.75) is 64.1 Å². The number of aromatic nitrogens is 1. The van der Waals surface area contributed by atoms with Crippen molar-refractivity contribution in [2.75, 3.05) is 18.2 Å². The molecule has 0 bridgehead atoms. The van der Waals surface area contributed by atoms with E-state index in [0.29, 0.717) is 23.0 Å². The van der Waals surface area contributed by atoms with Crippen LogP contribution in [0.3, 0.4) is 0 Å². The monoisotopic (exact) mass is 456 g/mol. The van der Waals surface area contributed by atoms with E-state index in [0.717, 1.165) is 31.4 Å². The maximum atomic E-state index is 12.0. The zero-order valence-electron chi connectivity index (χ0n) is 19.5. The Kier molecular flexibility index (Phi) is 7.63. The molecular weight excluding hydrogens is 424 g/mol. The summed E-state index contributed by atoms with van der Waals surface area (Å²) in [7, 11) is 1.33. The predicted octanol–water partition coefficient (Wildman–Crippen LogP) is 4.49. The van der Waals surface area contributed by atoms with Crippen molar-refractivity contribution < 1.29 is 23.8 Å². The quantitative estimate of drug-likeness (QED) is 0.543. The van der Waals surface area contributed by atoms with Gasteiger partial charge in [0, 0.05) is 18.2 Å². The molecule has 2 aromatic rings. The van der Waals surface area contributed by atoms with E-state index in [1.165, 1.54) is 7.11 Å². The fourth-order valence-corrected chi connectivity index (χ4v) is 3.61. The molecule has 9 nitrogen and oxygen atoms in total. The number of hydrogen-bond acceptors (Lipinski definition) is 8. The van der Waals surface area contributed by atoms with Crippen molar-refractivity contribution in [2.24, 2.45) is 0 Å². The van der Waals surface area contributed by atoms with Gasteiger partial charge in [-0.15, -0.1) is 0 Å². The summed E-state index contributed by atoms with van der Waals surface area (Å²) in [6.45, 7) is 5.55. The highest BCUT2D eigenvalue weighted by Gasteiger charge is 2.25. The summed E-state index contributed by atoms with van der Waals surface area (Å²) in [5.74, 6) is 0.821. The molecule has 1 fully saturated rings. The predicted molar refractivity (Wildman–Crippen MR) is 126 cm³/mol. The number of pyridine rings is 1. The third-order valence-electron chi connectivity index (χ3n) is 5.20. The van der Waals surface area contributed by atoms with Gasteiger partial charge >= 0.3 is 12.1 Å². The van der Waals surface area contributed by atoms with Crippen LogP contribution in [0.25, 0.3) is 0 Å². The number of nitrogens with one attached hydrogen (secondary N) is 2. The van der Waals surface area contributed by atoms with Crippen LogP contribution in [0, 0.1) is 0 Å².